The average molecular weight is 739 g/mol. The lowest BCUT2D eigenvalue weighted by molar-refractivity contribution is -0.457. The number of hydrogen-bond donors (Lipinski definition) is 0. The van der Waals surface area contributed by atoms with Gasteiger partial charge in [-0.05, 0) is 134 Å². The van der Waals surface area contributed by atoms with Gasteiger partial charge in [0.2, 0.25) is 0 Å². The second-order valence-electron chi connectivity index (χ2n) is 14.5. The third kappa shape index (κ3) is 8.23. The van der Waals surface area contributed by atoms with Gasteiger partial charge in [-0.25, -0.2) is 0 Å². The van der Waals surface area contributed by atoms with E-state index in [0.29, 0.717) is 44.0 Å². The lowest BCUT2D eigenvalue weighted by Gasteiger charge is -2.51. The number of aryl methyl sites for hydroxylation is 1. The van der Waals surface area contributed by atoms with Crippen LogP contribution in [0.15, 0.2) is 42.5 Å². The molecule has 3 aliphatic rings. The summed E-state index contributed by atoms with van der Waals surface area (Å²) < 4.78 is 140. The highest BCUT2D eigenvalue weighted by Gasteiger charge is 2.85. The van der Waals surface area contributed by atoms with Crippen molar-refractivity contribution in [3.8, 4) is 17.2 Å². The van der Waals surface area contributed by atoms with Crippen molar-refractivity contribution in [3.63, 3.8) is 0 Å². The summed E-state index contributed by atoms with van der Waals surface area (Å²) in [6, 6.07) is 13.8. The Kier molecular flexibility index (Phi) is 12.1. The fourth-order valence-corrected chi connectivity index (χ4v) is 8.96. The Morgan fingerprint density at radius 2 is 1.25 bits per heavy atom. The normalized spacial score (nSPS) is 25.2. The number of halogens is 9. The Bertz CT molecular complexity index is 1390. The highest BCUT2D eigenvalue weighted by Crippen LogP contribution is 2.64. The molecule has 0 aliphatic heterocycles. The van der Waals surface area contributed by atoms with Gasteiger partial charge in [0.15, 0.2) is 0 Å². The van der Waals surface area contributed by atoms with Crippen LogP contribution in [0.1, 0.15) is 95.1 Å². The van der Waals surface area contributed by atoms with E-state index in [2.05, 4.69) is 30.7 Å². The van der Waals surface area contributed by atoms with Crippen molar-refractivity contribution in [3.05, 3.63) is 53.6 Å². The fourth-order valence-electron chi connectivity index (χ4n) is 8.96. The second-order valence-corrected chi connectivity index (χ2v) is 14.5. The minimum absolute atomic E-state index is 0.0430. The molecule has 0 bridgehead atoms. The van der Waals surface area contributed by atoms with E-state index in [0.717, 1.165) is 68.6 Å². The van der Waals surface area contributed by atoms with Gasteiger partial charge in [-0.2, -0.15) is 39.5 Å². The zero-order chi connectivity index (χ0) is 37.1. The summed E-state index contributed by atoms with van der Waals surface area (Å²) in [5.74, 6) is 3.81. The monoisotopic (exact) mass is 738 g/mol. The van der Waals surface area contributed by atoms with E-state index in [1.165, 1.54) is 11.1 Å². The summed E-state index contributed by atoms with van der Waals surface area (Å²) in [6.07, 6.45) is -12.0. The maximum absolute atomic E-state index is 13.2. The molecule has 5 rings (SSSR count). The van der Waals surface area contributed by atoms with Crippen molar-refractivity contribution in [2.24, 2.45) is 23.2 Å². The molecule has 2 fully saturated rings. The quantitative estimate of drug-likeness (QED) is 0.135. The second kappa shape index (κ2) is 15.6. The number of unbranched alkanes of at least 4 members (excludes halogenated alkanes) is 2. The molecule has 51 heavy (non-hydrogen) atoms. The molecule has 0 amide bonds. The molecule has 0 radical (unpaired) electrons. The number of alkyl halides is 9. The van der Waals surface area contributed by atoms with E-state index >= 15 is 0 Å². The summed E-state index contributed by atoms with van der Waals surface area (Å²) in [5.41, 5.74) is -3.63. The van der Waals surface area contributed by atoms with Gasteiger partial charge in [-0.1, -0.05) is 32.8 Å². The number of fused-ring (bicyclic) bond motifs is 5. The van der Waals surface area contributed by atoms with Crippen LogP contribution in [0.4, 0.5) is 39.5 Å². The van der Waals surface area contributed by atoms with Crippen LogP contribution in [0.2, 0.25) is 0 Å². The minimum Gasteiger partial charge on any atom is -0.494 e. The molecule has 4 nitrogen and oxygen atoms in total. The Morgan fingerprint density at radius 3 is 1.86 bits per heavy atom. The standard InChI is InChI=1S/C38H47F9O4/c1-3-4-20-48-27-10-12-28(13-11-27)49-22-23-50-29-14-16-30-25(24-29)8-15-32-31(30)18-19-34(2)26(9-17-33(32)34)7-5-6-21-51-35(36(39,40)41,37(42,43)44)38(45,46)47/h10-14,16,24,26,31-33H,3-9,15,17-23H2,1-2H3/t26-,31+,32+,33-,34+/m0/s1. The lowest BCUT2D eigenvalue weighted by Crippen LogP contribution is -2.67. The molecule has 13 heteroatoms. The molecule has 2 aromatic carbocycles. The van der Waals surface area contributed by atoms with Crippen LogP contribution in [0.5, 0.6) is 17.2 Å². The molecule has 2 aromatic rings. The molecular weight excluding hydrogens is 691 g/mol. The first-order valence-corrected chi connectivity index (χ1v) is 18.0. The van der Waals surface area contributed by atoms with Crippen LogP contribution in [0.3, 0.4) is 0 Å². The van der Waals surface area contributed by atoms with Gasteiger partial charge < -0.3 is 18.9 Å². The molecule has 5 atom stereocenters. The molecule has 0 heterocycles. The van der Waals surface area contributed by atoms with Crippen LogP contribution in [0.25, 0.3) is 0 Å². The SMILES string of the molecule is CCCCOc1ccc(OCCOc2ccc3c(c2)CC[C@@H]2[C@@H]3CC[C@]3(C)[C@@H](CCCCOC(C(F)(F)F)(C(F)(F)F)C(F)(F)F)CC[C@@H]23)cc1. The first-order chi connectivity index (χ1) is 24.0. The number of benzene rings is 2. The molecule has 0 spiro atoms. The minimum atomic E-state index is -6.70. The Labute approximate surface area is 293 Å². The summed E-state index contributed by atoms with van der Waals surface area (Å²) in [5, 5.41) is 0. The molecule has 0 aromatic heterocycles. The molecule has 0 saturated heterocycles. The third-order valence-electron chi connectivity index (χ3n) is 11.6. The van der Waals surface area contributed by atoms with Crippen LogP contribution >= 0.6 is 0 Å². The smallest absolute Gasteiger partial charge is 0.435 e. The summed E-state index contributed by atoms with van der Waals surface area (Å²) in [6.45, 7) is 4.52. The average Bonchev–Trinajstić information content (AvgIpc) is 3.39. The summed E-state index contributed by atoms with van der Waals surface area (Å²) in [4.78, 5) is 0. The van der Waals surface area contributed by atoms with Gasteiger partial charge in [-0.15, -0.1) is 0 Å². The fraction of sp³-hybridized carbons (Fsp3) is 0.684. The van der Waals surface area contributed by atoms with Gasteiger partial charge >= 0.3 is 24.1 Å². The summed E-state index contributed by atoms with van der Waals surface area (Å²) >= 11 is 0. The van der Waals surface area contributed by atoms with E-state index in [4.69, 9.17) is 14.2 Å². The van der Waals surface area contributed by atoms with Crippen LogP contribution in [0, 0.1) is 23.2 Å². The summed E-state index contributed by atoms with van der Waals surface area (Å²) in [7, 11) is 0. The molecular formula is C38H47F9O4. The van der Waals surface area contributed by atoms with E-state index < -0.39 is 30.7 Å². The van der Waals surface area contributed by atoms with Gasteiger partial charge in [0.05, 0.1) is 6.61 Å². The molecule has 0 N–H and O–H groups in total. The zero-order valence-electron chi connectivity index (χ0n) is 29.0. The number of ether oxygens (including phenoxy) is 4. The maximum Gasteiger partial charge on any atom is 0.435 e. The Balaban J connectivity index is 1.10. The highest BCUT2D eigenvalue weighted by atomic mass is 19.4. The van der Waals surface area contributed by atoms with Gasteiger partial charge in [0.1, 0.15) is 30.5 Å². The number of hydrogen-bond acceptors (Lipinski definition) is 4. The predicted octanol–water partition coefficient (Wildman–Crippen LogP) is 11.4. The van der Waals surface area contributed by atoms with Gasteiger partial charge in [0.25, 0.3) is 0 Å². The first-order valence-electron chi connectivity index (χ1n) is 18.0. The van der Waals surface area contributed by atoms with E-state index in [-0.39, 0.29) is 24.2 Å². The highest BCUT2D eigenvalue weighted by molar-refractivity contribution is 5.41. The van der Waals surface area contributed by atoms with Gasteiger partial charge in [-0.3, -0.25) is 0 Å². The predicted molar refractivity (Wildman–Crippen MR) is 173 cm³/mol. The molecule has 0 unspecified atom stereocenters. The van der Waals surface area contributed by atoms with E-state index in [1.54, 1.807) is 0 Å². The van der Waals surface area contributed by atoms with E-state index in [1.807, 2.05) is 30.3 Å². The van der Waals surface area contributed by atoms with Crippen molar-refractivity contribution in [1.29, 1.82) is 0 Å². The van der Waals surface area contributed by atoms with E-state index in [9.17, 15) is 39.5 Å². The van der Waals surface area contributed by atoms with Crippen LogP contribution < -0.4 is 14.2 Å². The van der Waals surface area contributed by atoms with Crippen LogP contribution in [-0.2, 0) is 11.2 Å². The Morgan fingerprint density at radius 1 is 0.667 bits per heavy atom. The van der Waals surface area contributed by atoms with Gasteiger partial charge in [0, 0.05) is 6.61 Å². The third-order valence-corrected chi connectivity index (χ3v) is 11.6. The lowest BCUT2D eigenvalue weighted by atomic mass is 9.54. The first kappa shape index (κ1) is 39.4. The molecule has 2 saturated carbocycles. The van der Waals surface area contributed by atoms with Crippen LogP contribution in [-0.4, -0.2) is 50.6 Å². The zero-order valence-corrected chi connectivity index (χ0v) is 29.0. The van der Waals surface area contributed by atoms with Crippen molar-refractivity contribution < 1.29 is 58.5 Å². The molecule has 286 valence electrons. The van der Waals surface area contributed by atoms with Crippen molar-refractivity contribution in [2.45, 2.75) is 115 Å². The van der Waals surface area contributed by atoms with Crippen molar-refractivity contribution in [2.75, 3.05) is 26.4 Å². The Hall–Kier alpha value is -2.83. The largest absolute Gasteiger partial charge is 0.494 e. The molecule has 3 aliphatic carbocycles. The van der Waals surface area contributed by atoms with Crippen molar-refractivity contribution >= 4 is 0 Å². The topological polar surface area (TPSA) is 36.9 Å². The number of rotatable bonds is 15. The van der Waals surface area contributed by atoms with Crippen molar-refractivity contribution in [1.82, 2.24) is 0 Å². The maximum atomic E-state index is 13.2.